The molecule has 2 aromatic rings. The van der Waals surface area contributed by atoms with E-state index in [9.17, 15) is 8.42 Å². The van der Waals surface area contributed by atoms with Crippen molar-refractivity contribution < 1.29 is 22.1 Å². The van der Waals surface area contributed by atoms with Crippen LogP contribution in [0.15, 0.2) is 12.7 Å². The molecule has 0 unspecified atom stereocenters. The number of rotatable bonds is 4. The number of halogens is 1. The Labute approximate surface area is 155 Å². The van der Waals surface area contributed by atoms with Gasteiger partial charge in [0.2, 0.25) is 0 Å². The molecule has 1 aliphatic heterocycles. The van der Waals surface area contributed by atoms with E-state index < -0.39 is 15.9 Å². The van der Waals surface area contributed by atoms with Gasteiger partial charge in [-0.1, -0.05) is 11.6 Å². The van der Waals surface area contributed by atoms with Crippen molar-refractivity contribution in [2.75, 3.05) is 12.9 Å². The van der Waals surface area contributed by atoms with E-state index in [1.54, 1.807) is 6.33 Å². The maximum absolute atomic E-state index is 11.4. The summed E-state index contributed by atoms with van der Waals surface area (Å²) in [6, 6.07) is -0.133. The largest absolute Gasteiger partial charge is 0.344 e. The van der Waals surface area contributed by atoms with Crippen LogP contribution in [0.4, 0.5) is 0 Å². The normalized spacial score (nSPS) is 30.8. The fraction of sp³-hybridized carbons (Fsp3) is 0.667. The van der Waals surface area contributed by atoms with Crippen molar-refractivity contribution in [2.45, 2.75) is 44.3 Å². The minimum Gasteiger partial charge on any atom is -0.344 e. The second kappa shape index (κ2) is 6.10. The van der Waals surface area contributed by atoms with Crippen LogP contribution >= 0.6 is 11.6 Å². The Morgan fingerprint density at radius 2 is 2.04 bits per heavy atom. The van der Waals surface area contributed by atoms with E-state index in [1.165, 1.54) is 6.33 Å². The molecular weight excluding hydrogens is 384 g/mol. The second-order valence-electron chi connectivity index (χ2n) is 7.11. The topological polar surface area (TPSA) is 105 Å². The highest BCUT2D eigenvalue weighted by atomic mass is 35.5. The van der Waals surface area contributed by atoms with Crippen LogP contribution in [0.5, 0.6) is 0 Å². The minimum absolute atomic E-state index is 0.0400. The standard InChI is InChI=1S/C15H19ClN4O5S/c1-15(2)24-11-8(5-23-26(3,21)22)4-9(12(11)25-15)20-7-19-10-13(16)17-6-18-14(10)20/h6-9,11-12H,4-5H2,1-3H3/t8-,9-,11-,12+/m1/s1. The molecule has 0 amide bonds. The number of fused-ring (bicyclic) bond motifs is 2. The van der Waals surface area contributed by atoms with Gasteiger partial charge >= 0.3 is 0 Å². The smallest absolute Gasteiger partial charge is 0.264 e. The highest BCUT2D eigenvalue weighted by molar-refractivity contribution is 7.85. The number of nitrogens with zero attached hydrogens (tertiary/aromatic N) is 4. The molecule has 11 heteroatoms. The monoisotopic (exact) mass is 402 g/mol. The molecule has 0 radical (unpaired) electrons. The molecule has 1 saturated carbocycles. The summed E-state index contributed by atoms with van der Waals surface area (Å²) in [6.45, 7) is 3.71. The number of ether oxygens (including phenoxy) is 2. The zero-order valence-electron chi connectivity index (χ0n) is 14.5. The SMILES string of the molecule is CC1(C)O[C@@H]2[C@@H](COS(C)(=O)=O)C[C@@H](n3cnc4c(Cl)ncnc43)[C@@H]2O1. The number of aromatic nitrogens is 4. The van der Waals surface area contributed by atoms with Gasteiger partial charge in [0.05, 0.1) is 31.3 Å². The lowest BCUT2D eigenvalue weighted by Gasteiger charge is -2.24. The van der Waals surface area contributed by atoms with Crippen molar-refractivity contribution in [1.29, 1.82) is 0 Å². The van der Waals surface area contributed by atoms with Gasteiger partial charge in [0.15, 0.2) is 16.6 Å². The van der Waals surface area contributed by atoms with Gasteiger partial charge in [0.25, 0.3) is 10.1 Å². The molecule has 142 valence electrons. The van der Waals surface area contributed by atoms with Crippen molar-refractivity contribution in [3.8, 4) is 0 Å². The van der Waals surface area contributed by atoms with E-state index in [2.05, 4.69) is 15.0 Å². The third-order valence-corrected chi connectivity index (χ3v) is 5.56. The van der Waals surface area contributed by atoms with Crippen molar-refractivity contribution in [2.24, 2.45) is 5.92 Å². The second-order valence-corrected chi connectivity index (χ2v) is 9.11. The quantitative estimate of drug-likeness (QED) is 0.560. The Morgan fingerprint density at radius 1 is 1.31 bits per heavy atom. The molecule has 0 spiro atoms. The van der Waals surface area contributed by atoms with Crippen LogP contribution in [0.3, 0.4) is 0 Å². The van der Waals surface area contributed by atoms with E-state index in [1.807, 2.05) is 18.4 Å². The predicted octanol–water partition coefficient (Wildman–Crippen LogP) is 1.54. The van der Waals surface area contributed by atoms with Gasteiger partial charge in [-0.15, -0.1) is 0 Å². The first-order valence-corrected chi connectivity index (χ1v) is 10.4. The first-order chi connectivity index (χ1) is 12.1. The van der Waals surface area contributed by atoms with Gasteiger partial charge in [-0.25, -0.2) is 15.0 Å². The predicted molar refractivity (Wildman–Crippen MR) is 92.1 cm³/mol. The maximum Gasteiger partial charge on any atom is 0.264 e. The molecule has 4 atom stereocenters. The van der Waals surface area contributed by atoms with Crippen LogP contribution in [0.1, 0.15) is 26.3 Å². The fourth-order valence-electron chi connectivity index (χ4n) is 3.77. The van der Waals surface area contributed by atoms with E-state index in [0.717, 1.165) is 6.26 Å². The molecule has 0 aromatic carbocycles. The molecule has 0 N–H and O–H groups in total. The Hall–Kier alpha value is -1.33. The molecule has 3 heterocycles. The van der Waals surface area contributed by atoms with E-state index in [-0.39, 0.29) is 35.9 Å². The van der Waals surface area contributed by atoms with Gasteiger partial charge < -0.3 is 14.0 Å². The third kappa shape index (κ3) is 3.20. The van der Waals surface area contributed by atoms with Crippen LogP contribution in [-0.2, 0) is 23.8 Å². The summed E-state index contributed by atoms with van der Waals surface area (Å²) >= 11 is 6.09. The Balaban J connectivity index is 1.68. The first-order valence-electron chi connectivity index (χ1n) is 8.18. The Kier molecular flexibility index (Phi) is 4.23. The lowest BCUT2D eigenvalue weighted by molar-refractivity contribution is -0.161. The van der Waals surface area contributed by atoms with Gasteiger partial charge in [0.1, 0.15) is 17.9 Å². The lowest BCUT2D eigenvalue weighted by atomic mass is 10.1. The van der Waals surface area contributed by atoms with Gasteiger partial charge in [-0.2, -0.15) is 8.42 Å². The molecule has 9 nitrogen and oxygen atoms in total. The van der Waals surface area contributed by atoms with Crippen LogP contribution in [-0.4, -0.2) is 58.8 Å². The zero-order valence-corrected chi connectivity index (χ0v) is 16.1. The van der Waals surface area contributed by atoms with E-state index in [4.69, 9.17) is 25.3 Å². The van der Waals surface area contributed by atoms with Gasteiger partial charge in [-0.3, -0.25) is 4.18 Å². The summed E-state index contributed by atoms with van der Waals surface area (Å²) in [6.07, 6.45) is 4.12. The summed E-state index contributed by atoms with van der Waals surface area (Å²) in [5.41, 5.74) is 1.12. The van der Waals surface area contributed by atoms with Crippen LogP contribution in [0, 0.1) is 5.92 Å². The molecule has 4 rings (SSSR count). The summed E-state index contributed by atoms with van der Waals surface area (Å²) < 4.78 is 41.8. The fourth-order valence-corrected chi connectivity index (χ4v) is 4.37. The molecule has 2 aliphatic rings. The molecule has 2 fully saturated rings. The van der Waals surface area contributed by atoms with Gasteiger partial charge in [-0.05, 0) is 20.3 Å². The third-order valence-electron chi connectivity index (χ3n) is 4.72. The van der Waals surface area contributed by atoms with Crippen LogP contribution in [0.25, 0.3) is 11.2 Å². The highest BCUT2D eigenvalue weighted by Crippen LogP contribution is 2.47. The molecule has 1 saturated heterocycles. The zero-order chi connectivity index (χ0) is 18.7. The van der Waals surface area contributed by atoms with Crippen molar-refractivity contribution in [3.05, 3.63) is 17.8 Å². The number of imidazole rings is 1. The van der Waals surface area contributed by atoms with Crippen molar-refractivity contribution >= 4 is 32.9 Å². The van der Waals surface area contributed by atoms with Crippen molar-refractivity contribution in [1.82, 2.24) is 19.5 Å². The van der Waals surface area contributed by atoms with E-state index in [0.29, 0.717) is 17.6 Å². The average Bonchev–Trinajstić information content (AvgIpc) is 3.16. The molecule has 2 aromatic heterocycles. The summed E-state index contributed by atoms with van der Waals surface area (Å²) in [7, 11) is -3.53. The number of hydrogen-bond donors (Lipinski definition) is 0. The van der Waals surface area contributed by atoms with Crippen molar-refractivity contribution in [3.63, 3.8) is 0 Å². The van der Waals surface area contributed by atoms with Crippen LogP contribution < -0.4 is 0 Å². The highest BCUT2D eigenvalue weighted by Gasteiger charge is 2.55. The molecule has 0 bridgehead atoms. The molecule has 26 heavy (non-hydrogen) atoms. The summed E-state index contributed by atoms with van der Waals surface area (Å²) in [5.74, 6) is -0.906. The maximum atomic E-state index is 11.4. The summed E-state index contributed by atoms with van der Waals surface area (Å²) in [4.78, 5) is 12.5. The van der Waals surface area contributed by atoms with E-state index >= 15 is 0 Å². The average molecular weight is 403 g/mol. The lowest BCUT2D eigenvalue weighted by Crippen LogP contribution is -2.28. The van der Waals surface area contributed by atoms with Crippen LogP contribution in [0.2, 0.25) is 5.15 Å². The first kappa shape index (κ1) is 18.1. The summed E-state index contributed by atoms with van der Waals surface area (Å²) in [5, 5.41) is 0.282. The Morgan fingerprint density at radius 3 is 2.77 bits per heavy atom. The molecule has 1 aliphatic carbocycles. The molecular formula is C15H19ClN4O5S. The minimum atomic E-state index is -3.53. The van der Waals surface area contributed by atoms with Gasteiger partial charge in [0, 0.05) is 5.92 Å². The number of hydrogen-bond acceptors (Lipinski definition) is 8. The Bertz CT molecular complexity index is 947.